The second-order valence-corrected chi connectivity index (χ2v) is 6.86. The lowest BCUT2D eigenvalue weighted by molar-refractivity contribution is 1.08. The van der Waals surface area contributed by atoms with Crippen molar-refractivity contribution >= 4 is 51.8 Å². The van der Waals surface area contributed by atoms with Crippen molar-refractivity contribution < 1.29 is 0 Å². The molecule has 0 saturated carbocycles. The van der Waals surface area contributed by atoms with Crippen LogP contribution in [0.1, 0.15) is 11.1 Å². The Kier molecular flexibility index (Phi) is 3.18. The minimum absolute atomic E-state index is 0.121. The van der Waals surface area contributed by atoms with Crippen molar-refractivity contribution in [2.24, 2.45) is 0 Å². The van der Waals surface area contributed by atoms with Crippen molar-refractivity contribution in [3.63, 3.8) is 0 Å². The van der Waals surface area contributed by atoms with Crippen molar-refractivity contribution in [1.29, 1.82) is 0 Å². The van der Waals surface area contributed by atoms with E-state index < -0.39 is 0 Å². The fourth-order valence-corrected chi connectivity index (χ4v) is 4.52. The Hall–Kier alpha value is -0.490. The number of benzene rings is 2. The molecule has 1 unspecified atom stereocenters. The van der Waals surface area contributed by atoms with E-state index in [2.05, 4.69) is 86.0 Å². The summed E-state index contributed by atoms with van der Waals surface area (Å²) in [6.07, 6.45) is 4.15. The molecular formula is C15H11IP2. The van der Waals surface area contributed by atoms with Crippen LogP contribution in [0.25, 0.3) is 11.1 Å². The van der Waals surface area contributed by atoms with Crippen molar-refractivity contribution in [2.45, 2.75) is 5.16 Å². The van der Waals surface area contributed by atoms with E-state index in [-0.39, 0.29) is 5.16 Å². The molecule has 0 bridgehead atoms. The molecule has 18 heavy (non-hydrogen) atoms. The van der Waals surface area contributed by atoms with Crippen LogP contribution >= 0.6 is 39.7 Å². The van der Waals surface area contributed by atoms with E-state index in [9.17, 15) is 0 Å². The van der Waals surface area contributed by atoms with Gasteiger partial charge in [-0.25, -0.2) is 0 Å². The zero-order valence-corrected chi connectivity index (χ0v) is 13.7. The summed E-state index contributed by atoms with van der Waals surface area (Å²) in [4.78, 5) is 0. The molecule has 0 spiro atoms. The van der Waals surface area contributed by atoms with E-state index in [1.165, 1.54) is 25.8 Å². The molecule has 2 aromatic carbocycles. The van der Waals surface area contributed by atoms with Gasteiger partial charge in [-0.2, -0.15) is 0 Å². The quantitative estimate of drug-likeness (QED) is 0.517. The molecule has 0 nitrogen and oxygen atoms in total. The number of fused-ring (bicyclic) bond motifs is 3. The van der Waals surface area contributed by atoms with Crippen molar-refractivity contribution in [2.75, 3.05) is 0 Å². The second-order valence-electron chi connectivity index (χ2n) is 4.30. The fraction of sp³-hybridized carbons (Fsp3) is 0.0667. The van der Waals surface area contributed by atoms with Crippen molar-refractivity contribution in [1.82, 2.24) is 0 Å². The van der Waals surface area contributed by atoms with Crippen LogP contribution in [0.2, 0.25) is 0 Å². The first kappa shape index (κ1) is 12.5. The molecule has 0 aromatic heterocycles. The smallest absolute Gasteiger partial charge is 0.0845 e. The van der Waals surface area contributed by atoms with E-state index in [4.69, 9.17) is 0 Å². The Morgan fingerprint density at radius 2 is 1.83 bits per heavy atom. The first-order valence-corrected chi connectivity index (χ1v) is 8.36. The maximum absolute atomic E-state index is 4.15. The fourth-order valence-electron chi connectivity index (χ4n) is 2.63. The lowest BCUT2D eigenvalue weighted by Gasteiger charge is -2.22. The van der Waals surface area contributed by atoms with Crippen LogP contribution in [0.5, 0.6) is 0 Å². The molecule has 1 aliphatic carbocycles. The average molecular weight is 380 g/mol. The lowest BCUT2D eigenvalue weighted by Crippen LogP contribution is -2.18. The van der Waals surface area contributed by atoms with Gasteiger partial charge in [0.1, 0.15) is 0 Å². The Morgan fingerprint density at radius 3 is 2.56 bits per heavy atom. The van der Waals surface area contributed by atoms with Crippen LogP contribution in [0.3, 0.4) is 0 Å². The predicted molar refractivity (Wildman–Crippen MR) is 93.8 cm³/mol. The van der Waals surface area contributed by atoms with E-state index >= 15 is 0 Å². The first-order chi connectivity index (χ1) is 8.73. The lowest BCUT2D eigenvalue weighted by atomic mass is 9.98. The Balaban J connectivity index is 2.45. The minimum atomic E-state index is -0.121. The van der Waals surface area contributed by atoms with Gasteiger partial charge in [0.2, 0.25) is 0 Å². The summed E-state index contributed by atoms with van der Waals surface area (Å²) in [5.41, 5.74) is 5.35. The van der Waals surface area contributed by atoms with Crippen LogP contribution < -0.4 is 0 Å². The van der Waals surface area contributed by atoms with Crippen LogP contribution in [-0.2, 0) is 5.16 Å². The van der Waals surface area contributed by atoms with Crippen LogP contribution in [0, 0.1) is 3.57 Å². The summed E-state index contributed by atoms with van der Waals surface area (Å²) in [6, 6.07) is 15.3. The summed E-state index contributed by atoms with van der Waals surface area (Å²) in [7, 11) is 4.72. The molecule has 1 aliphatic rings. The first-order valence-electron chi connectivity index (χ1n) is 5.62. The van der Waals surface area contributed by atoms with Crippen molar-refractivity contribution in [3.05, 3.63) is 57.2 Å². The van der Waals surface area contributed by atoms with Crippen LogP contribution in [0.4, 0.5) is 0 Å². The van der Waals surface area contributed by atoms with E-state index in [0.29, 0.717) is 0 Å². The number of hydrogen-bond acceptors (Lipinski definition) is 0. The number of hydrogen-bond donors (Lipinski definition) is 0. The molecule has 2 aromatic rings. The topological polar surface area (TPSA) is 0 Å². The SMILES string of the molecule is C=PC1(C=P)c2ccccc2-c2ccc(I)cc21. The average Bonchev–Trinajstić information content (AvgIpc) is 2.68. The molecule has 0 radical (unpaired) electrons. The van der Waals surface area contributed by atoms with Gasteiger partial charge in [0, 0.05) is 3.57 Å². The Morgan fingerprint density at radius 1 is 1.11 bits per heavy atom. The molecular weight excluding hydrogens is 369 g/mol. The Labute approximate surface area is 125 Å². The Bertz CT molecular complexity index is 653. The molecule has 0 amide bonds. The third kappa shape index (κ3) is 1.58. The largest absolute Gasteiger partial charge is 0.125 e. The summed E-state index contributed by atoms with van der Waals surface area (Å²) >= 11 is 2.37. The monoisotopic (exact) mass is 380 g/mol. The number of rotatable bonds is 2. The van der Waals surface area contributed by atoms with Gasteiger partial charge in [-0.05, 0) is 62.8 Å². The summed E-state index contributed by atoms with van der Waals surface area (Å²) in [6.45, 7) is 0. The summed E-state index contributed by atoms with van der Waals surface area (Å²) in [5, 5.41) is -0.121. The van der Waals surface area contributed by atoms with Gasteiger partial charge >= 0.3 is 0 Å². The molecule has 0 N–H and O–H groups in total. The van der Waals surface area contributed by atoms with Gasteiger partial charge in [0.05, 0.1) is 5.16 Å². The van der Waals surface area contributed by atoms with E-state index in [0.717, 1.165) is 8.20 Å². The third-order valence-electron chi connectivity index (χ3n) is 3.48. The highest BCUT2D eigenvalue weighted by molar-refractivity contribution is 14.1. The minimum Gasteiger partial charge on any atom is -0.125 e. The predicted octanol–water partition coefficient (Wildman–Crippen LogP) is 4.84. The highest BCUT2D eigenvalue weighted by atomic mass is 127. The van der Waals surface area contributed by atoms with Gasteiger partial charge in [0.25, 0.3) is 0 Å². The van der Waals surface area contributed by atoms with Gasteiger partial charge in [-0.3, -0.25) is 0 Å². The normalized spacial score (nSPS) is 20.5. The van der Waals surface area contributed by atoms with Crippen molar-refractivity contribution in [3.8, 4) is 11.1 Å². The summed E-state index contributed by atoms with van der Waals surface area (Å²) < 4.78 is 1.26. The molecule has 1 atom stereocenters. The van der Waals surface area contributed by atoms with Crippen LogP contribution in [-0.4, -0.2) is 12.1 Å². The van der Waals surface area contributed by atoms with Crippen LogP contribution in [0.15, 0.2) is 42.5 Å². The van der Waals surface area contributed by atoms with E-state index in [1.54, 1.807) is 0 Å². The molecule has 0 aliphatic heterocycles. The molecule has 88 valence electrons. The molecule has 0 saturated heterocycles. The van der Waals surface area contributed by atoms with Gasteiger partial charge < -0.3 is 0 Å². The maximum atomic E-state index is 4.15. The molecule has 0 heterocycles. The highest BCUT2D eigenvalue weighted by Gasteiger charge is 2.39. The number of halogens is 1. The van der Waals surface area contributed by atoms with Gasteiger partial charge in [0.15, 0.2) is 0 Å². The zero-order valence-electron chi connectivity index (χ0n) is 9.65. The molecule has 0 fully saturated rings. The van der Waals surface area contributed by atoms with Gasteiger partial charge in [-0.1, -0.05) is 44.8 Å². The highest BCUT2D eigenvalue weighted by Crippen LogP contribution is 2.53. The standard InChI is InChI=1S/C15H11IP2/c1-18-15(9-17)13-5-3-2-4-11(13)12-7-6-10(16)8-14(12)15/h2-9,17H,1H2. The third-order valence-corrected chi connectivity index (χ3v) is 5.94. The maximum Gasteiger partial charge on any atom is 0.0845 e. The zero-order chi connectivity index (χ0) is 12.8. The second kappa shape index (κ2) is 4.56. The van der Waals surface area contributed by atoms with Gasteiger partial charge in [-0.15, -0.1) is 8.86 Å². The molecule has 3 heteroatoms. The summed E-state index contributed by atoms with van der Waals surface area (Å²) in [5.74, 6) is 2.10. The molecule has 3 rings (SSSR count). The van der Waals surface area contributed by atoms with E-state index in [1.807, 2.05) is 0 Å².